The van der Waals surface area contributed by atoms with Crippen LogP contribution in [0.4, 0.5) is 0 Å². The van der Waals surface area contributed by atoms with Gasteiger partial charge in [0.15, 0.2) is 0 Å². The highest BCUT2D eigenvalue weighted by atomic mass is 16.3. The van der Waals surface area contributed by atoms with Crippen molar-refractivity contribution in [3.05, 3.63) is 29.8 Å². The Bertz CT molecular complexity index is 518. The van der Waals surface area contributed by atoms with Crippen LogP contribution in [0.2, 0.25) is 0 Å². The molecule has 0 aliphatic carbocycles. The molecule has 0 bridgehead atoms. The molecule has 16 heavy (non-hydrogen) atoms. The van der Waals surface area contributed by atoms with Gasteiger partial charge in [0, 0.05) is 28.9 Å². The topological polar surface area (TPSA) is 29.3 Å². The van der Waals surface area contributed by atoms with E-state index < -0.39 is 0 Å². The van der Waals surface area contributed by atoms with Crippen molar-refractivity contribution in [2.75, 3.05) is 13.6 Å². The molecule has 0 amide bonds. The number of furan rings is 1. The maximum atomic E-state index is 5.62. The zero-order valence-electron chi connectivity index (χ0n) is 9.73. The Balaban J connectivity index is 2.16. The largest absolute Gasteiger partial charge is 0.464 e. The van der Waals surface area contributed by atoms with E-state index in [0.29, 0.717) is 6.04 Å². The van der Waals surface area contributed by atoms with Crippen LogP contribution < -0.4 is 0 Å². The third-order valence-corrected chi connectivity index (χ3v) is 3.59. The first-order valence-corrected chi connectivity index (χ1v) is 5.80. The van der Waals surface area contributed by atoms with Gasteiger partial charge in [-0.15, -0.1) is 0 Å². The van der Waals surface area contributed by atoms with Crippen molar-refractivity contribution in [2.24, 2.45) is 0 Å². The molecule has 3 heterocycles. The molecular weight excluding hydrogens is 200 g/mol. The third-order valence-electron chi connectivity index (χ3n) is 3.59. The maximum Gasteiger partial charge on any atom is 0.141 e. The molecule has 0 aromatic carbocycles. The summed E-state index contributed by atoms with van der Waals surface area (Å²) in [5.74, 6) is 0. The first-order chi connectivity index (χ1) is 7.77. The van der Waals surface area contributed by atoms with Crippen LogP contribution in [0.25, 0.3) is 11.0 Å². The van der Waals surface area contributed by atoms with E-state index in [1.54, 1.807) is 6.26 Å². The Morgan fingerprint density at radius 1 is 1.50 bits per heavy atom. The molecule has 2 aromatic rings. The SMILES string of the molecule is Cc1ncc([C@@H]2CCCN2C)c2occc12. The Kier molecular flexibility index (Phi) is 2.21. The molecule has 1 aliphatic heterocycles. The number of aryl methyl sites for hydroxylation is 1. The summed E-state index contributed by atoms with van der Waals surface area (Å²) >= 11 is 0. The number of fused-ring (bicyclic) bond motifs is 1. The fourth-order valence-electron chi connectivity index (χ4n) is 2.65. The van der Waals surface area contributed by atoms with E-state index in [2.05, 4.69) is 16.9 Å². The van der Waals surface area contributed by atoms with Gasteiger partial charge in [-0.3, -0.25) is 9.88 Å². The summed E-state index contributed by atoms with van der Waals surface area (Å²) in [5, 5.41) is 1.15. The van der Waals surface area contributed by atoms with E-state index in [9.17, 15) is 0 Å². The van der Waals surface area contributed by atoms with E-state index in [1.807, 2.05) is 19.2 Å². The van der Waals surface area contributed by atoms with Gasteiger partial charge in [-0.05, 0) is 39.4 Å². The molecule has 1 aliphatic rings. The summed E-state index contributed by atoms with van der Waals surface area (Å²) in [7, 11) is 2.17. The molecule has 84 valence electrons. The highest BCUT2D eigenvalue weighted by Crippen LogP contribution is 2.35. The molecule has 1 atom stereocenters. The maximum absolute atomic E-state index is 5.62. The lowest BCUT2D eigenvalue weighted by Gasteiger charge is -2.19. The molecule has 3 nitrogen and oxygen atoms in total. The zero-order valence-corrected chi connectivity index (χ0v) is 9.73. The molecule has 0 radical (unpaired) electrons. The molecule has 2 aromatic heterocycles. The number of aromatic nitrogens is 1. The minimum Gasteiger partial charge on any atom is -0.464 e. The van der Waals surface area contributed by atoms with E-state index in [4.69, 9.17) is 4.42 Å². The van der Waals surface area contributed by atoms with Gasteiger partial charge < -0.3 is 4.42 Å². The minimum absolute atomic E-state index is 0.474. The molecule has 1 fully saturated rings. The summed E-state index contributed by atoms with van der Waals surface area (Å²) < 4.78 is 5.62. The van der Waals surface area contributed by atoms with Crippen molar-refractivity contribution in [1.82, 2.24) is 9.88 Å². The molecule has 0 unspecified atom stereocenters. The van der Waals surface area contributed by atoms with Crippen LogP contribution >= 0.6 is 0 Å². The number of likely N-dealkylation sites (tertiary alicyclic amines) is 1. The van der Waals surface area contributed by atoms with E-state index >= 15 is 0 Å². The lowest BCUT2D eigenvalue weighted by molar-refractivity contribution is 0.316. The highest BCUT2D eigenvalue weighted by molar-refractivity contribution is 5.82. The Morgan fingerprint density at radius 3 is 3.12 bits per heavy atom. The van der Waals surface area contributed by atoms with Crippen molar-refractivity contribution >= 4 is 11.0 Å². The summed E-state index contributed by atoms with van der Waals surface area (Å²) in [6.45, 7) is 3.20. The van der Waals surface area contributed by atoms with Crippen LogP contribution in [0.3, 0.4) is 0 Å². The van der Waals surface area contributed by atoms with Crippen LogP contribution in [-0.4, -0.2) is 23.5 Å². The van der Waals surface area contributed by atoms with Gasteiger partial charge in [-0.25, -0.2) is 0 Å². The van der Waals surface area contributed by atoms with E-state index in [1.165, 1.54) is 24.9 Å². The Morgan fingerprint density at radius 2 is 2.38 bits per heavy atom. The van der Waals surface area contributed by atoms with Gasteiger partial charge in [0.2, 0.25) is 0 Å². The fraction of sp³-hybridized carbons (Fsp3) is 0.462. The number of hydrogen-bond acceptors (Lipinski definition) is 3. The Labute approximate surface area is 95.1 Å². The summed E-state index contributed by atoms with van der Waals surface area (Å²) in [4.78, 5) is 6.86. The molecule has 3 rings (SSSR count). The normalized spacial score (nSPS) is 22.0. The van der Waals surface area contributed by atoms with E-state index in [-0.39, 0.29) is 0 Å². The van der Waals surface area contributed by atoms with Crippen molar-refractivity contribution in [3.8, 4) is 0 Å². The minimum atomic E-state index is 0.474. The average Bonchev–Trinajstić information content (AvgIpc) is 2.88. The van der Waals surface area contributed by atoms with E-state index in [0.717, 1.165) is 16.7 Å². The zero-order chi connectivity index (χ0) is 11.1. The van der Waals surface area contributed by atoms with Crippen molar-refractivity contribution in [2.45, 2.75) is 25.8 Å². The van der Waals surface area contributed by atoms with Crippen LogP contribution in [-0.2, 0) is 0 Å². The fourth-order valence-corrected chi connectivity index (χ4v) is 2.65. The molecule has 1 saturated heterocycles. The van der Waals surface area contributed by atoms with Crippen LogP contribution in [0.1, 0.15) is 30.1 Å². The van der Waals surface area contributed by atoms with Gasteiger partial charge in [-0.1, -0.05) is 0 Å². The second-order valence-electron chi connectivity index (χ2n) is 4.60. The lowest BCUT2D eigenvalue weighted by Crippen LogP contribution is -2.17. The third kappa shape index (κ3) is 1.35. The van der Waals surface area contributed by atoms with Crippen LogP contribution in [0, 0.1) is 6.92 Å². The van der Waals surface area contributed by atoms with Gasteiger partial charge >= 0.3 is 0 Å². The summed E-state index contributed by atoms with van der Waals surface area (Å²) in [6.07, 6.45) is 6.21. The second-order valence-corrected chi connectivity index (χ2v) is 4.60. The number of nitrogens with zero attached hydrogens (tertiary/aromatic N) is 2. The first kappa shape index (κ1) is 9.85. The average molecular weight is 216 g/mol. The number of pyridine rings is 1. The number of rotatable bonds is 1. The second kappa shape index (κ2) is 3.59. The van der Waals surface area contributed by atoms with Gasteiger partial charge in [0.25, 0.3) is 0 Å². The van der Waals surface area contributed by atoms with Gasteiger partial charge in [0.1, 0.15) is 5.58 Å². The van der Waals surface area contributed by atoms with Crippen LogP contribution in [0.5, 0.6) is 0 Å². The monoisotopic (exact) mass is 216 g/mol. The summed E-state index contributed by atoms with van der Waals surface area (Å²) in [5.41, 5.74) is 3.31. The van der Waals surface area contributed by atoms with Crippen molar-refractivity contribution in [1.29, 1.82) is 0 Å². The van der Waals surface area contributed by atoms with Gasteiger partial charge in [0.05, 0.1) is 6.26 Å². The Hall–Kier alpha value is -1.35. The standard InChI is InChI=1S/C13H16N2O/c1-9-10-5-7-16-13(10)11(8-14-9)12-4-3-6-15(12)2/h5,7-8,12H,3-4,6H2,1-2H3/t12-/m0/s1. The predicted octanol–water partition coefficient (Wildman–Crippen LogP) is 2.90. The van der Waals surface area contributed by atoms with Crippen molar-refractivity contribution < 1.29 is 4.42 Å². The molecular formula is C13H16N2O. The molecule has 0 spiro atoms. The molecule has 3 heteroatoms. The first-order valence-electron chi connectivity index (χ1n) is 5.80. The van der Waals surface area contributed by atoms with Gasteiger partial charge in [-0.2, -0.15) is 0 Å². The molecule has 0 N–H and O–H groups in total. The lowest BCUT2D eigenvalue weighted by atomic mass is 10.0. The molecule has 0 saturated carbocycles. The summed E-state index contributed by atoms with van der Waals surface area (Å²) in [6, 6.07) is 2.48. The number of hydrogen-bond donors (Lipinski definition) is 0. The quantitative estimate of drug-likeness (QED) is 0.734. The highest BCUT2D eigenvalue weighted by Gasteiger charge is 2.25. The predicted molar refractivity (Wildman–Crippen MR) is 63.4 cm³/mol. The van der Waals surface area contributed by atoms with Crippen molar-refractivity contribution in [3.63, 3.8) is 0 Å². The smallest absolute Gasteiger partial charge is 0.141 e. The van der Waals surface area contributed by atoms with Crippen LogP contribution in [0.15, 0.2) is 22.9 Å².